The fourth-order valence-corrected chi connectivity index (χ4v) is 2.46. The molecule has 0 radical (unpaired) electrons. The Morgan fingerprint density at radius 1 is 1.45 bits per heavy atom. The monoisotopic (exact) mass is 310 g/mol. The molecule has 1 aliphatic rings. The van der Waals surface area contributed by atoms with E-state index >= 15 is 0 Å². The summed E-state index contributed by atoms with van der Waals surface area (Å²) in [6.07, 6.45) is 0.410. The number of carbonyl (C=O) groups is 1. The second-order valence-electron chi connectivity index (χ2n) is 6.16. The zero-order chi connectivity index (χ0) is 16.2. The Balaban J connectivity index is 1.79. The predicted octanol–water partition coefficient (Wildman–Crippen LogP) is 1.02. The highest BCUT2D eigenvalue weighted by molar-refractivity contribution is 5.76. The van der Waals surface area contributed by atoms with E-state index in [-0.39, 0.29) is 11.9 Å². The number of aryl methyl sites for hydroxylation is 1. The minimum absolute atomic E-state index is 0.0159. The van der Waals surface area contributed by atoms with E-state index in [1.165, 1.54) is 0 Å². The number of amides is 1. The van der Waals surface area contributed by atoms with E-state index in [0.717, 1.165) is 5.76 Å². The number of ether oxygens (including phenoxy) is 1. The van der Waals surface area contributed by atoms with E-state index in [2.05, 4.69) is 5.32 Å². The molecule has 2 heterocycles. The quantitative estimate of drug-likeness (QED) is 0.820. The van der Waals surface area contributed by atoms with Gasteiger partial charge in [0.15, 0.2) is 0 Å². The van der Waals surface area contributed by atoms with Gasteiger partial charge in [0.2, 0.25) is 5.91 Å². The topological polar surface area (TPSA) is 74.9 Å². The van der Waals surface area contributed by atoms with Crippen LogP contribution in [-0.4, -0.2) is 54.8 Å². The molecule has 1 aliphatic heterocycles. The number of hydrogen-bond donors (Lipinski definition) is 2. The molecule has 2 rings (SSSR count). The van der Waals surface area contributed by atoms with Gasteiger partial charge < -0.3 is 24.5 Å². The molecular weight excluding hydrogens is 284 g/mol. The van der Waals surface area contributed by atoms with Crippen molar-refractivity contribution < 1.29 is 19.1 Å². The molecule has 1 aromatic rings. The smallest absolute Gasteiger partial charge is 0.224 e. The highest BCUT2D eigenvalue weighted by atomic mass is 16.5. The first-order valence-electron chi connectivity index (χ1n) is 7.77. The van der Waals surface area contributed by atoms with E-state index in [0.29, 0.717) is 45.0 Å². The predicted molar refractivity (Wildman–Crippen MR) is 82.5 cm³/mol. The van der Waals surface area contributed by atoms with Crippen LogP contribution in [0.3, 0.4) is 0 Å². The third-order valence-corrected chi connectivity index (χ3v) is 3.91. The van der Waals surface area contributed by atoms with Gasteiger partial charge in [-0.05, 0) is 32.9 Å². The van der Waals surface area contributed by atoms with Crippen molar-refractivity contribution in [1.82, 2.24) is 10.2 Å². The lowest BCUT2D eigenvalue weighted by Gasteiger charge is -2.29. The second kappa shape index (κ2) is 7.26. The molecule has 0 saturated carbocycles. The van der Waals surface area contributed by atoms with Crippen LogP contribution >= 0.6 is 0 Å². The van der Waals surface area contributed by atoms with Gasteiger partial charge in [0, 0.05) is 32.1 Å². The maximum absolute atomic E-state index is 12.2. The number of morpholine rings is 1. The van der Waals surface area contributed by atoms with Gasteiger partial charge in [0.25, 0.3) is 0 Å². The van der Waals surface area contributed by atoms with Crippen molar-refractivity contribution in [3.63, 3.8) is 0 Å². The largest absolute Gasteiger partial charge is 0.463 e. The number of nitrogens with one attached hydrogen (secondary N) is 1. The van der Waals surface area contributed by atoms with E-state index in [4.69, 9.17) is 9.15 Å². The summed E-state index contributed by atoms with van der Waals surface area (Å²) >= 11 is 0. The summed E-state index contributed by atoms with van der Waals surface area (Å²) in [5.41, 5.74) is -1.09. The van der Waals surface area contributed by atoms with E-state index < -0.39 is 5.60 Å². The molecule has 2 atom stereocenters. The fourth-order valence-electron chi connectivity index (χ4n) is 2.46. The summed E-state index contributed by atoms with van der Waals surface area (Å²) in [4.78, 5) is 14.0. The summed E-state index contributed by atoms with van der Waals surface area (Å²) in [6, 6.07) is 3.59. The molecule has 0 spiro atoms. The zero-order valence-electron chi connectivity index (χ0n) is 13.6. The van der Waals surface area contributed by atoms with Crippen LogP contribution in [-0.2, 0) is 15.1 Å². The summed E-state index contributed by atoms with van der Waals surface area (Å²) in [5.74, 6) is 1.42. The van der Waals surface area contributed by atoms with E-state index in [1.54, 1.807) is 13.0 Å². The molecule has 1 saturated heterocycles. The van der Waals surface area contributed by atoms with Crippen molar-refractivity contribution in [3.8, 4) is 0 Å². The summed E-state index contributed by atoms with van der Waals surface area (Å²) in [6.45, 7) is 8.37. The number of nitrogens with zero attached hydrogens (tertiary/aromatic N) is 1. The van der Waals surface area contributed by atoms with Gasteiger partial charge in [-0.25, -0.2) is 0 Å². The van der Waals surface area contributed by atoms with Gasteiger partial charge in [-0.3, -0.25) is 4.79 Å². The first-order chi connectivity index (χ1) is 10.4. The van der Waals surface area contributed by atoms with Crippen LogP contribution in [0, 0.1) is 6.92 Å². The number of aliphatic hydroxyl groups is 1. The Morgan fingerprint density at radius 2 is 2.14 bits per heavy atom. The Bertz CT molecular complexity index is 492. The standard InChI is InChI=1S/C16H26N2O4/c1-12(10-15(19)18-6-8-21-9-7-18)17-11-16(3,20)14-5-4-13(2)22-14/h4-5,12,17,20H,6-11H2,1-3H3. The molecule has 0 aliphatic carbocycles. The van der Waals surface area contributed by atoms with Crippen LogP contribution in [0.2, 0.25) is 0 Å². The van der Waals surface area contributed by atoms with Gasteiger partial charge in [-0.2, -0.15) is 0 Å². The Morgan fingerprint density at radius 3 is 2.73 bits per heavy atom. The van der Waals surface area contributed by atoms with Crippen molar-refractivity contribution >= 4 is 5.91 Å². The molecule has 124 valence electrons. The molecule has 0 aromatic carbocycles. The number of rotatable bonds is 6. The first kappa shape index (κ1) is 17.0. The molecule has 6 heteroatoms. The SMILES string of the molecule is Cc1ccc(C(C)(O)CNC(C)CC(=O)N2CCOCC2)o1. The van der Waals surface area contributed by atoms with Gasteiger partial charge >= 0.3 is 0 Å². The van der Waals surface area contributed by atoms with Crippen molar-refractivity contribution in [2.24, 2.45) is 0 Å². The molecule has 22 heavy (non-hydrogen) atoms. The maximum Gasteiger partial charge on any atom is 0.224 e. The normalized spacial score (nSPS) is 19.7. The Labute approximate surface area is 131 Å². The number of carbonyl (C=O) groups excluding carboxylic acids is 1. The number of hydrogen-bond acceptors (Lipinski definition) is 5. The average Bonchev–Trinajstić information content (AvgIpc) is 2.94. The van der Waals surface area contributed by atoms with Gasteiger partial charge in [0.05, 0.1) is 13.2 Å². The minimum Gasteiger partial charge on any atom is -0.463 e. The maximum atomic E-state index is 12.2. The minimum atomic E-state index is -1.09. The molecule has 2 unspecified atom stereocenters. The molecular formula is C16H26N2O4. The lowest BCUT2D eigenvalue weighted by Crippen LogP contribution is -2.45. The second-order valence-corrected chi connectivity index (χ2v) is 6.16. The average molecular weight is 310 g/mol. The summed E-state index contributed by atoms with van der Waals surface area (Å²) < 4.78 is 10.7. The third kappa shape index (κ3) is 4.56. The highest BCUT2D eigenvalue weighted by Crippen LogP contribution is 2.22. The van der Waals surface area contributed by atoms with Crippen LogP contribution in [0.25, 0.3) is 0 Å². The Hall–Kier alpha value is -1.37. The van der Waals surface area contributed by atoms with Gasteiger partial charge in [-0.1, -0.05) is 0 Å². The van der Waals surface area contributed by atoms with Crippen molar-refractivity contribution in [2.75, 3.05) is 32.8 Å². The highest BCUT2D eigenvalue weighted by Gasteiger charge is 2.28. The third-order valence-electron chi connectivity index (χ3n) is 3.91. The molecule has 1 amide bonds. The van der Waals surface area contributed by atoms with Crippen LogP contribution in [0.15, 0.2) is 16.5 Å². The van der Waals surface area contributed by atoms with E-state index in [9.17, 15) is 9.90 Å². The summed E-state index contributed by atoms with van der Waals surface area (Å²) in [7, 11) is 0. The van der Waals surface area contributed by atoms with Gasteiger partial charge in [-0.15, -0.1) is 0 Å². The number of furan rings is 1. The first-order valence-corrected chi connectivity index (χ1v) is 7.77. The Kier molecular flexibility index (Phi) is 5.61. The van der Waals surface area contributed by atoms with Crippen molar-refractivity contribution in [2.45, 2.75) is 38.8 Å². The molecule has 2 N–H and O–H groups in total. The van der Waals surface area contributed by atoms with Gasteiger partial charge in [0.1, 0.15) is 17.1 Å². The van der Waals surface area contributed by atoms with Crippen LogP contribution in [0.5, 0.6) is 0 Å². The molecule has 1 fully saturated rings. The fraction of sp³-hybridized carbons (Fsp3) is 0.688. The van der Waals surface area contributed by atoms with Crippen molar-refractivity contribution in [3.05, 3.63) is 23.7 Å². The van der Waals surface area contributed by atoms with Crippen LogP contribution < -0.4 is 5.32 Å². The lowest BCUT2D eigenvalue weighted by molar-refractivity contribution is -0.135. The molecule has 0 bridgehead atoms. The van der Waals surface area contributed by atoms with Crippen LogP contribution in [0.1, 0.15) is 31.8 Å². The van der Waals surface area contributed by atoms with E-state index in [1.807, 2.05) is 24.8 Å². The lowest BCUT2D eigenvalue weighted by atomic mass is 10.0. The van der Waals surface area contributed by atoms with Crippen molar-refractivity contribution in [1.29, 1.82) is 0 Å². The molecule has 6 nitrogen and oxygen atoms in total. The summed E-state index contributed by atoms with van der Waals surface area (Å²) in [5, 5.41) is 13.7. The van der Waals surface area contributed by atoms with Crippen LogP contribution in [0.4, 0.5) is 0 Å². The molecule has 1 aromatic heterocycles. The zero-order valence-corrected chi connectivity index (χ0v) is 13.6.